The fraction of sp³-hybridized carbons (Fsp3) is 0.250. The van der Waals surface area contributed by atoms with Crippen LogP contribution in [0.25, 0.3) is 10.9 Å². The molecule has 16 heavy (non-hydrogen) atoms. The molecule has 3 nitrogen and oxygen atoms in total. The second kappa shape index (κ2) is 4.03. The topological polar surface area (TPSA) is 50.9 Å². The number of halogens is 1. The Labute approximate surface area is 103 Å². The molecule has 0 unspecified atom stereocenters. The van der Waals surface area contributed by atoms with E-state index in [2.05, 4.69) is 46.3 Å². The van der Waals surface area contributed by atoms with Crippen LogP contribution in [0.15, 0.2) is 16.6 Å². The van der Waals surface area contributed by atoms with Crippen LogP contribution in [0.5, 0.6) is 0 Å². The molecule has 0 amide bonds. The van der Waals surface area contributed by atoms with Gasteiger partial charge in [-0.3, -0.25) is 10.8 Å². The number of nitrogens with zero attached hydrogens (tertiary/aromatic N) is 1. The van der Waals surface area contributed by atoms with E-state index in [1.165, 1.54) is 5.56 Å². The number of nitrogen functional groups attached to an aromatic ring is 1. The summed E-state index contributed by atoms with van der Waals surface area (Å²) in [7, 11) is 0. The van der Waals surface area contributed by atoms with E-state index in [-0.39, 0.29) is 0 Å². The van der Waals surface area contributed by atoms with Gasteiger partial charge in [-0.15, -0.1) is 0 Å². The lowest BCUT2D eigenvalue weighted by atomic mass is 10.0. The lowest BCUT2D eigenvalue weighted by Gasteiger charge is -2.12. The molecule has 0 fully saturated rings. The summed E-state index contributed by atoms with van der Waals surface area (Å²) >= 11 is 3.59. The summed E-state index contributed by atoms with van der Waals surface area (Å²) in [6.45, 7) is 6.10. The molecule has 0 aliphatic carbocycles. The molecule has 1 aromatic carbocycles. The van der Waals surface area contributed by atoms with E-state index >= 15 is 0 Å². The molecule has 0 radical (unpaired) electrons. The van der Waals surface area contributed by atoms with Crippen molar-refractivity contribution in [1.29, 1.82) is 0 Å². The standard InChI is InChI=1S/C12H14BrN3/c1-6-4-9-11(8(3)12(6)13)10(16-14)5-7(2)15-9/h4-5H,14H2,1-3H3,(H,15,16). The Bertz CT molecular complexity index is 564. The largest absolute Gasteiger partial charge is 0.323 e. The maximum absolute atomic E-state index is 5.55. The van der Waals surface area contributed by atoms with Gasteiger partial charge in [-0.2, -0.15) is 0 Å². The van der Waals surface area contributed by atoms with Crippen LogP contribution in [-0.4, -0.2) is 4.98 Å². The summed E-state index contributed by atoms with van der Waals surface area (Å²) < 4.78 is 1.11. The molecule has 0 aliphatic rings. The lowest BCUT2D eigenvalue weighted by Crippen LogP contribution is -2.08. The number of hydrazine groups is 1. The number of aryl methyl sites for hydroxylation is 3. The van der Waals surface area contributed by atoms with Gasteiger partial charge in [-0.05, 0) is 44.0 Å². The Kier molecular flexibility index (Phi) is 2.86. The second-order valence-corrected chi connectivity index (χ2v) is 4.78. The van der Waals surface area contributed by atoms with Crippen molar-refractivity contribution in [2.24, 2.45) is 5.84 Å². The van der Waals surface area contributed by atoms with Gasteiger partial charge >= 0.3 is 0 Å². The molecule has 3 N–H and O–H groups in total. The van der Waals surface area contributed by atoms with E-state index in [4.69, 9.17) is 5.84 Å². The smallest absolute Gasteiger partial charge is 0.0732 e. The highest BCUT2D eigenvalue weighted by Crippen LogP contribution is 2.33. The number of hydrogen-bond donors (Lipinski definition) is 2. The normalized spacial score (nSPS) is 10.8. The first-order valence-corrected chi connectivity index (χ1v) is 5.87. The number of fused-ring (bicyclic) bond motifs is 1. The van der Waals surface area contributed by atoms with Crippen molar-refractivity contribution < 1.29 is 0 Å². The zero-order valence-electron chi connectivity index (χ0n) is 9.56. The number of aromatic nitrogens is 1. The maximum atomic E-state index is 5.55. The zero-order valence-corrected chi connectivity index (χ0v) is 11.1. The second-order valence-electron chi connectivity index (χ2n) is 3.98. The van der Waals surface area contributed by atoms with Crippen LogP contribution < -0.4 is 11.3 Å². The average molecular weight is 280 g/mol. The SMILES string of the molecule is Cc1cc(NN)c2c(C)c(Br)c(C)cc2n1. The highest BCUT2D eigenvalue weighted by molar-refractivity contribution is 9.10. The van der Waals surface area contributed by atoms with Gasteiger partial charge in [-0.25, -0.2) is 0 Å². The van der Waals surface area contributed by atoms with Gasteiger partial charge in [-0.1, -0.05) is 15.9 Å². The van der Waals surface area contributed by atoms with Crippen molar-refractivity contribution >= 4 is 32.5 Å². The number of benzene rings is 1. The van der Waals surface area contributed by atoms with Crippen LogP contribution in [-0.2, 0) is 0 Å². The van der Waals surface area contributed by atoms with Crippen molar-refractivity contribution in [2.75, 3.05) is 5.43 Å². The molecular formula is C12H14BrN3. The molecular weight excluding hydrogens is 266 g/mol. The maximum Gasteiger partial charge on any atom is 0.0732 e. The van der Waals surface area contributed by atoms with E-state index in [1.807, 2.05) is 13.0 Å². The van der Waals surface area contributed by atoms with Crippen LogP contribution in [0.2, 0.25) is 0 Å². The summed E-state index contributed by atoms with van der Waals surface area (Å²) in [6.07, 6.45) is 0. The Morgan fingerprint density at radius 3 is 2.56 bits per heavy atom. The minimum absolute atomic E-state index is 0.917. The number of anilines is 1. The first-order chi connectivity index (χ1) is 7.54. The predicted molar refractivity (Wildman–Crippen MR) is 71.5 cm³/mol. The minimum atomic E-state index is 0.917. The lowest BCUT2D eigenvalue weighted by molar-refractivity contribution is 1.22. The molecule has 0 saturated carbocycles. The summed E-state index contributed by atoms with van der Waals surface area (Å²) in [5, 5.41) is 1.07. The summed E-state index contributed by atoms with van der Waals surface area (Å²) in [5.41, 5.74) is 7.94. The Morgan fingerprint density at radius 1 is 1.25 bits per heavy atom. The van der Waals surface area contributed by atoms with Gasteiger partial charge in [0.05, 0.1) is 11.2 Å². The summed E-state index contributed by atoms with van der Waals surface area (Å²) in [4.78, 5) is 4.53. The van der Waals surface area contributed by atoms with Crippen molar-refractivity contribution in [3.8, 4) is 0 Å². The summed E-state index contributed by atoms with van der Waals surface area (Å²) in [5.74, 6) is 5.55. The Hall–Kier alpha value is -1.13. The fourth-order valence-electron chi connectivity index (χ4n) is 1.98. The third kappa shape index (κ3) is 1.68. The third-order valence-electron chi connectivity index (χ3n) is 2.73. The Morgan fingerprint density at radius 2 is 1.94 bits per heavy atom. The first kappa shape index (κ1) is 11.4. The molecule has 1 heterocycles. The van der Waals surface area contributed by atoms with Crippen LogP contribution in [0, 0.1) is 20.8 Å². The number of nitrogens with two attached hydrogens (primary N) is 1. The van der Waals surface area contributed by atoms with Gasteiger partial charge < -0.3 is 5.43 Å². The van der Waals surface area contributed by atoms with Gasteiger partial charge in [0, 0.05) is 15.6 Å². The fourth-order valence-corrected chi connectivity index (χ4v) is 2.30. The highest BCUT2D eigenvalue weighted by atomic mass is 79.9. The number of pyridine rings is 1. The van der Waals surface area contributed by atoms with E-state index < -0.39 is 0 Å². The highest BCUT2D eigenvalue weighted by Gasteiger charge is 2.10. The average Bonchev–Trinajstić information content (AvgIpc) is 2.24. The molecule has 0 atom stereocenters. The van der Waals surface area contributed by atoms with Crippen LogP contribution >= 0.6 is 15.9 Å². The van der Waals surface area contributed by atoms with Gasteiger partial charge in [0.2, 0.25) is 0 Å². The number of hydrogen-bond acceptors (Lipinski definition) is 3. The number of nitrogens with one attached hydrogen (secondary N) is 1. The monoisotopic (exact) mass is 279 g/mol. The van der Waals surface area contributed by atoms with E-state index in [0.29, 0.717) is 0 Å². The van der Waals surface area contributed by atoms with E-state index in [0.717, 1.165) is 32.3 Å². The van der Waals surface area contributed by atoms with Crippen LogP contribution in [0.3, 0.4) is 0 Å². The van der Waals surface area contributed by atoms with Crippen molar-refractivity contribution in [2.45, 2.75) is 20.8 Å². The Balaban J connectivity index is 2.95. The molecule has 0 aliphatic heterocycles. The van der Waals surface area contributed by atoms with Crippen LogP contribution in [0.4, 0.5) is 5.69 Å². The van der Waals surface area contributed by atoms with Crippen molar-refractivity contribution in [3.63, 3.8) is 0 Å². The van der Waals surface area contributed by atoms with E-state index in [9.17, 15) is 0 Å². The predicted octanol–water partition coefficient (Wildman–Crippen LogP) is 3.21. The zero-order chi connectivity index (χ0) is 11.9. The molecule has 84 valence electrons. The molecule has 0 bridgehead atoms. The molecule has 0 saturated heterocycles. The van der Waals surface area contributed by atoms with Gasteiger partial charge in [0.25, 0.3) is 0 Å². The molecule has 1 aromatic heterocycles. The van der Waals surface area contributed by atoms with Crippen molar-refractivity contribution in [3.05, 3.63) is 33.4 Å². The minimum Gasteiger partial charge on any atom is -0.323 e. The molecule has 0 spiro atoms. The van der Waals surface area contributed by atoms with E-state index in [1.54, 1.807) is 0 Å². The third-order valence-corrected chi connectivity index (χ3v) is 3.95. The van der Waals surface area contributed by atoms with Gasteiger partial charge in [0.1, 0.15) is 0 Å². The van der Waals surface area contributed by atoms with Crippen LogP contribution in [0.1, 0.15) is 16.8 Å². The van der Waals surface area contributed by atoms with Gasteiger partial charge in [0.15, 0.2) is 0 Å². The summed E-state index contributed by atoms with van der Waals surface area (Å²) in [6, 6.07) is 4.03. The first-order valence-electron chi connectivity index (χ1n) is 5.08. The number of rotatable bonds is 1. The molecule has 2 rings (SSSR count). The molecule has 2 aromatic rings. The quantitative estimate of drug-likeness (QED) is 0.623. The molecule has 4 heteroatoms. The van der Waals surface area contributed by atoms with Crippen molar-refractivity contribution in [1.82, 2.24) is 4.98 Å².